The van der Waals surface area contributed by atoms with Crippen LogP contribution in [0.4, 0.5) is 0 Å². The van der Waals surface area contributed by atoms with Gasteiger partial charge in [-0.25, -0.2) is 4.79 Å². The minimum absolute atomic E-state index is 0.0122. The molecule has 28 heavy (non-hydrogen) atoms. The summed E-state index contributed by atoms with van der Waals surface area (Å²) in [6.45, 7) is 2.15. The van der Waals surface area contributed by atoms with Gasteiger partial charge in [-0.05, 0) is 48.8 Å². The van der Waals surface area contributed by atoms with Crippen molar-refractivity contribution in [3.63, 3.8) is 0 Å². The number of hydrogen-bond donors (Lipinski definition) is 1. The Labute approximate surface area is 168 Å². The third-order valence-corrected chi connectivity index (χ3v) is 5.67. The standard InChI is InChI=1S/C21H25NO5S/c1-12-19-15(22-20(12)21(24)27-7-8-28-4)9-14(10-16(19)23)13-5-6-17(25-2)18(11-13)26-3/h5-6,11,14,22H,7-10H2,1-4H3/t14-/m1/s1. The summed E-state index contributed by atoms with van der Waals surface area (Å²) < 4.78 is 16.0. The number of ketones is 1. The van der Waals surface area contributed by atoms with Crippen molar-refractivity contribution in [2.45, 2.75) is 25.7 Å². The van der Waals surface area contributed by atoms with E-state index in [9.17, 15) is 9.59 Å². The van der Waals surface area contributed by atoms with Crippen LogP contribution in [0.2, 0.25) is 0 Å². The van der Waals surface area contributed by atoms with Gasteiger partial charge in [0.25, 0.3) is 0 Å². The summed E-state index contributed by atoms with van der Waals surface area (Å²) in [7, 11) is 3.19. The summed E-state index contributed by atoms with van der Waals surface area (Å²) in [6, 6.07) is 5.72. The van der Waals surface area contributed by atoms with Crippen LogP contribution in [0.3, 0.4) is 0 Å². The number of aromatic amines is 1. The van der Waals surface area contributed by atoms with Gasteiger partial charge in [0.2, 0.25) is 0 Å². The van der Waals surface area contributed by atoms with Crippen LogP contribution in [0, 0.1) is 6.92 Å². The molecule has 1 aliphatic rings. The summed E-state index contributed by atoms with van der Waals surface area (Å²) in [4.78, 5) is 28.4. The first-order valence-corrected chi connectivity index (χ1v) is 10.5. The summed E-state index contributed by atoms with van der Waals surface area (Å²) >= 11 is 1.61. The molecule has 0 spiro atoms. The van der Waals surface area contributed by atoms with Crippen LogP contribution in [-0.2, 0) is 11.2 Å². The Balaban J connectivity index is 1.86. The Bertz CT molecular complexity index is 889. The molecule has 1 aromatic heterocycles. The van der Waals surface area contributed by atoms with Crippen LogP contribution in [0.15, 0.2) is 18.2 Å². The van der Waals surface area contributed by atoms with Crippen molar-refractivity contribution < 1.29 is 23.8 Å². The van der Waals surface area contributed by atoms with E-state index in [0.717, 1.165) is 17.0 Å². The van der Waals surface area contributed by atoms with Gasteiger partial charge < -0.3 is 19.2 Å². The summed E-state index contributed by atoms with van der Waals surface area (Å²) in [6.07, 6.45) is 3.00. The number of H-pyrrole nitrogens is 1. The van der Waals surface area contributed by atoms with E-state index in [0.29, 0.717) is 47.8 Å². The van der Waals surface area contributed by atoms with Gasteiger partial charge in [0.1, 0.15) is 12.3 Å². The number of esters is 1. The summed E-state index contributed by atoms with van der Waals surface area (Å²) in [5, 5.41) is 0. The average molecular weight is 404 g/mol. The molecule has 6 nitrogen and oxygen atoms in total. The van der Waals surface area contributed by atoms with Crippen LogP contribution in [0.1, 0.15) is 50.0 Å². The first-order valence-electron chi connectivity index (χ1n) is 9.12. The van der Waals surface area contributed by atoms with Crippen LogP contribution in [-0.4, -0.2) is 49.6 Å². The molecule has 7 heteroatoms. The van der Waals surface area contributed by atoms with Crippen LogP contribution < -0.4 is 9.47 Å². The Morgan fingerprint density at radius 1 is 1.21 bits per heavy atom. The van der Waals surface area contributed by atoms with Crippen LogP contribution >= 0.6 is 11.8 Å². The summed E-state index contributed by atoms with van der Waals surface area (Å²) in [5.41, 5.74) is 3.50. The molecule has 2 aromatic rings. The largest absolute Gasteiger partial charge is 0.493 e. The molecule has 1 N–H and O–H groups in total. The van der Waals surface area contributed by atoms with Crippen molar-refractivity contribution in [3.05, 3.63) is 46.3 Å². The van der Waals surface area contributed by atoms with Crippen molar-refractivity contribution in [2.75, 3.05) is 32.8 Å². The highest BCUT2D eigenvalue weighted by atomic mass is 32.2. The minimum atomic E-state index is -0.406. The minimum Gasteiger partial charge on any atom is -0.493 e. The number of rotatable bonds is 7. The zero-order chi connectivity index (χ0) is 20.3. The van der Waals surface area contributed by atoms with Crippen molar-refractivity contribution in [2.24, 2.45) is 0 Å². The Morgan fingerprint density at radius 2 is 1.96 bits per heavy atom. The Hall–Kier alpha value is -2.41. The second kappa shape index (κ2) is 8.73. The molecule has 1 aromatic carbocycles. The number of Topliss-reactive ketones (excluding diaryl/α,β-unsaturated/α-hetero) is 1. The van der Waals surface area contributed by atoms with Gasteiger partial charge in [0.15, 0.2) is 17.3 Å². The van der Waals surface area contributed by atoms with E-state index in [2.05, 4.69) is 4.98 Å². The third kappa shape index (κ3) is 3.90. The fourth-order valence-electron chi connectivity index (χ4n) is 3.67. The molecular formula is C21H25NO5S. The molecule has 0 amide bonds. The van der Waals surface area contributed by atoms with Gasteiger partial charge in [-0.1, -0.05) is 6.07 Å². The lowest BCUT2D eigenvalue weighted by molar-refractivity contribution is 0.0523. The molecule has 150 valence electrons. The second-order valence-electron chi connectivity index (χ2n) is 6.75. The molecule has 0 bridgehead atoms. The lowest BCUT2D eigenvalue weighted by atomic mass is 9.81. The van der Waals surface area contributed by atoms with Gasteiger partial charge in [0.05, 0.1) is 14.2 Å². The molecule has 1 atom stereocenters. The number of ether oxygens (including phenoxy) is 3. The maximum atomic E-state index is 12.8. The van der Waals surface area contributed by atoms with E-state index in [4.69, 9.17) is 14.2 Å². The van der Waals surface area contributed by atoms with E-state index in [1.165, 1.54) is 0 Å². The molecule has 0 fully saturated rings. The Kier molecular flexibility index (Phi) is 6.34. The van der Waals surface area contributed by atoms with Crippen molar-refractivity contribution in [1.82, 2.24) is 4.98 Å². The first kappa shape index (κ1) is 20.3. The van der Waals surface area contributed by atoms with Crippen molar-refractivity contribution in [3.8, 4) is 11.5 Å². The lowest BCUT2D eigenvalue weighted by Gasteiger charge is -2.23. The van der Waals surface area contributed by atoms with E-state index in [1.54, 1.807) is 32.9 Å². The highest BCUT2D eigenvalue weighted by Crippen LogP contribution is 2.38. The quantitative estimate of drug-likeness (QED) is 0.560. The van der Waals surface area contributed by atoms with Crippen LogP contribution in [0.5, 0.6) is 11.5 Å². The fourth-order valence-corrected chi connectivity index (χ4v) is 3.92. The second-order valence-corrected chi connectivity index (χ2v) is 7.74. The topological polar surface area (TPSA) is 77.6 Å². The number of thioether (sulfide) groups is 1. The first-order chi connectivity index (χ1) is 13.5. The van der Waals surface area contributed by atoms with Crippen LogP contribution in [0.25, 0.3) is 0 Å². The normalized spacial score (nSPS) is 15.9. The molecular weight excluding hydrogens is 378 g/mol. The molecule has 0 saturated heterocycles. The van der Waals surface area contributed by atoms with E-state index >= 15 is 0 Å². The van der Waals surface area contributed by atoms with E-state index < -0.39 is 5.97 Å². The smallest absolute Gasteiger partial charge is 0.355 e. The maximum Gasteiger partial charge on any atom is 0.355 e. The number of hydrogen-bond acceptors (Lipinski definition) is 6. The van der Waals surface area contributed by atoms with E-state index in [1.807, 2.05) is 24.5 Å². The molecule has 1 aliphatic carbocycles. The van der Waals surface area contributed by atoms with Gasteiger partial charge >= 0.3 is 5.97 Å². The molecule has 0 radical (unpaired) electrons. The highest BCUT2D eigenvalue weighted by Gasteiger charge is 2.32. The van der Waals surface area contributed by atoms with Gasteiger partial charge in [0, 0.05) is 23.4 Å². The zero-order valence-electron chi connectivity index (χ0n) is 16.6. The van der Waals surface area contributed by atoms with Gasteiger partial charge in [-0.3, -0.25) is 4.79 Å². The highest BCUT2D eigenvalue weighted by molar-refractivity contribution is 7.98. The van der Waals surface area contributed by atoms with Gasteiger partial charge in [-0.15, -0.1) is 0 Å². The maximum absolute atomic E-state index is 12.8. The monoisotopic (exact) mass is 403 g/mol. The number of carbonyl (C=O) groups is 2. The van der Waals surface area contributed by atoms with Crippen molar-refractivity contribution >= 4 is 23.5 Å². The lowest BCUT2D eigenvalue weighted by Crippen LogP contribution is -2.18. The number of nitrogens with one attached hydrogen (secondary N) is 1. The third-order valence-electron chi connectivity index (χ3n) is 5.09. The zero-order valence-corrected chi connectivity index (χ0v) is 17.4. The number of methoxy groups -OCH3 is 2. The SMILES string of the molecule is COc1ccc([C@H]2CC(=O)c3c([nH]c(C(=O)OCCSC)c3C)C2)cc1OC. The number of aromatic nitrogens is 1. The molecule has 0 saturated carbocycles. The molecule has 3 rings (SSSR count). The predicted octanol–water partition coefficient (Wildman–Crippen LogP) is 3.77. The molecule has 0 unspecified atom stereocenters. The molecule has 1 heterocycles. The van der Waals surface area contributed by atoms with Crippen molar-refractivity contribution in [1.29, 1.82) is 0 Å². The van der Waals surface area contributed by atoms with Gasteiger partial charge in [-0.2, -0.15) is 11.8 Å². The van der Waals surface area contributed by atoms with E-state index in [-0.39, 0.29) is 11.7 Å². The average Bonchev–Trinajstić information content (AvgIpc) is 3.04. The molecule has 0 aliphatic heterocycles. The fraction of sp³-hybridized carbons (Fsp3) is 0.429. The number of benzene rings is 1. The predicted molar refractivity (Wildman–Crippen MR) is 109 cm³/mol. The Morgan fingerprint density at radius 3 is 2.64 bits per heavy atom. The summed E-state index contributed by atoms with van der Waals surface area (Å²) in [5.74, 6) is 1.68. The number of carbonyl (C=O) groups excluding carboxylic acids is 2. The number of fused-ring (bicyclic) bond motifs is 1.